The first-order valence-corrected chi connectivity index (χ1v) is 6.84. The number of fused-ring (bicyclic) bond motifs is 1. The van der Waals surface area contributed by atoms with Crippen LogP contribution in [0.15, 0.2) is 36.7 Å². The summed E-state index contributed by atoms with van der Waals surface area (Å²) in [5.74, 6) is 0.963. The first kappa shape index (κ1) is 14.4. The van der Waals surface area contributed by atoms with Crippen LogP contribution in [0.5, 0.6) is 5.75 Å². The summed E-state index contributed by atoms with van der Waals surface area (Å²) in [4.78, 5) is 8.54. The van der Waals surface area contributed by atoms with Gasteiger partial charge in [-0.1, -0.05) is 6.07 Å². The van der Waals surface area contributed by atoms with Crippen molar-refractivity contribution in [2.24, 2.45) is 7.05 Å². The summed E-state index contributed by atoms with van der Waals surface area (Å²) in [6, 6.07) is 7.70. The molecule has 0 aliphatic rings. The molecule has 0 fully saturated rings. The number of nitrogens with zero attached hydrogens (tertiary/aromatic N) is 3. The van der Waals surface area contributed by atoms with E-state index in [0.717, 1.165) is 16.6 Å². The molecule has 114 valence electrons. The van der Waals surface area contributed by atoms with E-state index in [-0.39, 0.29) is 0 Å². The number of pyridine rings is 1. The van der Waals surface area contributed by atoms with Crippen molar-refractivity contribution in [3.63, 3.8) is 0 Å². The van der Waals surface area contributed by atoms with Gasteiger partial charge in [0.15, 0.2) is 0 Å². The lowest BCUT2D eigenvalue weighted by Gasteiger charge is -2.10. The Morgan fingerprint density at radius 3 is 2.86 bits per heavy atom. The summed E-state index contributed by atoms with van der Waals surface area (Å²) in [7, 11) is 1.89. The molecule has 1 aromatic carbocycles. The third-order valence-corrected chi connectivity index (χ3v) is 3.43. The Morgan fingerprint density at radius 2 is 2.09 bits per heavy atom. The van der Waals surface area contributed by atoms with E-state index in [9.17, 15) is 8.78 Å². The van der Waals surface area contributed by atoms with E-state index >= 15 is 0 Å². The first-order chi connectivity index (χ1) is 10.6. The van der Waals surface area contributed by atoms with E-state index < -0.39 is 13.0 Å². The number of hydrogen-bond donors (Lipinski definition) is 0. The van der Waals surface area contributed by atoms with E-state index in [4.69, 9.17) is 4.74 Å². The second-order valence-electron chi connectivity index (χ2n) is 5.06. The maximum Gasteiger partial charge on any atom is 0.272 e. The first-order valence-electron chi connectivity index (χ1n) is 6.84. The van der Waals surface area contributed by atoms with Gasteiger partial charge >= 0.3 is 0 Å². The van der Waals surface area contributed by atoms with E-state index in [2.05, 4.69) is 9.97 Å². The molecule has 2 heterocycles. The van der Waals surface area contributed by atoms with Crippen LogP contribution in [0.3, 0.4) is 0 Å². The molecule has 0 aliphatic carbocycles. The Labute approximate surface area is 126 Å². The molecule has 3 aromatic rings. The zero-order valence-electron chi connectivity index (χ0n) is 12.3. The van der Waals surface area contributed by atoms with Crippen molar-refractivity contribution < 1.29 is 13.5 Å². The van der Waals surface area contributed by atoms with E-state index in [1.54, 1.807) is 12.3 Å². The highest BCUT2D eigenvalue weighted by Gasteiger charge is 2.15. The molecule has 2 aromatic heterocycles. The van der Waals surface area contributed by atoms with Crippen LogP contribution >= 0.6 is 0 Å². The Kier molecular flexibility index (Phi) is 3.75. The molecule has 0 amide bonds. The number of aromatic nitrogens is 3. The van der Waals surface area contributed by atoms with Gasteiger partial charge < -0.3 is 9.30 Å². The lowest BCUT2D eigenvalue weighted by atomic mass is 10.2. The van der Waals surface area contributed by atoms with Crippen LogP contribution in [0.25, 0.3) is 22.4 Å². The van der Waals surface area contributed by atoms with Crippen LogP contribution in [0.2, 0.25) is 0 Å². The Balaban J connectivity index is 2.09. The minimum absolute atomic E-state index is 0.304. The Morgan fingerprint density at radius 1 is 1.27 bits per heavy atom. The van der Waals surface area contributed by atoms with Gasteiger partial charge in [-0.15, -0.1) is 0 Å². The molecule has 0 aliphatic heterocycles. The van der Waals surface area contributed by atoms with Crippen LogP contribution in [0.1, 0.15) is 5.56 Å². The molecule has 6 heteroatoms. The average molecular weight is 303 g/mol. The lowest BCUT2D eigenvalue weighted by Crippen LogP contribution is -2.08. The zero-order chi connectivity index (χ0) is 15.7. The fourth-order valence-electron chi connectivity index (χ4n) is 2.38. The minimum Gasteiger partial charge on any atom is -0.485 e. The fourth-order valence-corrected chi connectivity index (χ4v) is 2.38. The summed E-state index contributed by atoms with van der Waals surface area (Å²) in [6.45, 7) is 1.33. The van der Waals surface area contributed by atoms with Gasteiger partial charge in [0.25, 0.3) is 6.43 Å². The van der Waals surface area contributed by atoms with Gasteiger partial charge in [0, 0.05) is 13.2 Å². The normalized spacial score (nSPS) is 11.3. The number of aryl methyl sites for hydroxylation is 2. The molecule has 0 atom stereocenters. The van der Waals surface area contributed by atoms with Crippen LogP contribution < -0.4 is 4.74 Å². The Hall–Kier alpha value is -2.50. The van der Waals surface area contributed by atoms with Gasteiger partial charge in [0.05, 0.1) is 22.8 Å². The summed E-state index contributed by atoms with van der Waals surface area (Å²) in [6.07, 6.45) is 0.494. The van der Waals surface area contributed by atoms with Crippen molar-refractivity contribution in [3.05, 3.63) is 42.2 Å². The maximum absolute atomic E-state index is 12.4. The molecule has 0 saturated carbocycles. The third kappa shape index (κ3) is 2.64. The number of rotatable bonds is 4. The number of benzene rings is 1. The van der Waals surface area contributed by atoms with Gasteiger partial charge in [-0.2, -0.15) is 0 Å². The molecular weight excluding hydrogens is 288 g/mol. The predicted octanol–water partition coefficient (Wildman–Crippen LogP) is 3.59. The van der Waals surface area contributed by atoms with Gasteiger partial charge in [-0.05, 0) is 30.7 Å². The third-order valence-electron chi connectivity index (χ3n) is 3.43. The molecule has 0 spiro atoms. The number of ether oxygens (including phenoxy) is 1. The highest BCUT2D eigenvalue weighted by atomic mass is 19.3. The second-order valence-corrected chi connectivity index (χ2v) is 5.06. The summed E-state index contributed by atoms with van der Waals surface area (Å²) in [5.41, 5.74) is 3.58. The number of alkyl halides is 2. The smallest absolute Gasteiger partial charge is 0.272 e. The average Bonchev–Trinajstić information content (AvgIpc) is 2.81. The standard InChI is InChI=1S/C16H15F2N3O/c1-10-3-4-13-12(7-10)20-16(21(13)2)11-5-6-19-8-14(11)22-9-15(17)18/h3-8,15H,9H2,1-2H3. The highest BCUT2D eigenvalue weighted by molar-refractivity contribution is 5.82. The largest absolute Gasteiger partial charge is 0.485 e. The van der Waals surface area contributed by atoms with Crippen LogP contribution in [-0.2, 0) is 7.05 Å². The van der Waals surface area contributed by atoms with E-state index in [1.807, 2.05) is 36.7 Å². The van der Waals surface area contributed by atoms with Crippen molar-refractivity contribution in [1.82, 2.24) is 14.5 Å². The number of imidazole rings is 1. The van der Waals surface area contributed by atoms with Crippen molar-refractivity contribution >= 4 is 11.0 Å². The Bertz CT molecular complexity index is 814. The van der Waals surface area contributed by atoms with Gasteiger partial charge in [-0.25, -0.2) is 13.8 Å². The van der Waals surface area contributed by atoms with Gasteiger partial charge in [0.2, 0.25) is 0 Å². The van der Waals surface area contributed by atoms with Crippen molar-refractivity contribution in [2.45, 2.75) is 13.3 Å². The quantitative estimate of drug-likeness (QED) is 0.739. The maximum atomic E-state index is 12.4. The van der Waals surface area contributed by atoms with Crippen molar-refractivity contribution in [1.29, 1.82) is 0 Å². The summed E-state index contributed by atoms with van der Waals surface area (Å²) in [5, 5.41) is 0. The molecule has 0 bridgehead atoms. The van der Waals surface area contributed by atoms with Crippen LogP contribution in [0, 0.1) is 6.92 Å². The number of hydrogen-bond acceptors (Lipinski definition) is 3. The molecule has 3 rings (SSSR count). The summed E-state index contributed by atoms with van der Waals surface area (Å²) < 4.78 is 31.8. The molecule has 0 unspecified atom stereocenters. The van der Waals surface area contributed by atoms with Gasteiger partial charge in [0.1, 0.15) is 18.2 Å². The predicted molar refractivity (Wildman–Crippen MR) is 80.2 cm³/mol. The second kappa shape index (κ2) is 5.71. The fraction of sp³-hybridized carbons (Fsp3) is 0.250. The summed E-state index contributed by atoms with van der Waals surface area (Å²) >= 11 is 0. The van der Waals surface area contributed by atoms with Crippen molar-refractivity contribution in [2.75, 3.05) is 6.61 Å². The molecule has 0 N–H and O–H groups in total. The highest BCUT2D eigenvalue weighted by Crippen LogP contribution is 2.31. The van der Waals surface area contributed by atoms with E-state index in [0.29, 0.717) is 17.1 Å². The topological polar surface area (TPSA) is 39.9 Å². The SMILES string of the molecule is Cc1ccc2c(c1)nc(-c1ccncc1OCC(F)F)n2C. The monoisotopic (exact) mass is 303 g/mol. The zero-order valence-corrected chi connectivity index (χ0v) is 12.3. The molecule has 0 saturated heterocycles. The molecule has 22 heavy (non-hydrogen) atoms. The van der Waals surface area contributed by atoms with E-state index in [1.165, 1.54) is 6.20 Å². The minimum atomic E-state index is -2.53. The molecule has 4 nitrogen and oxygen atoms in total. The molecule has 0 radical (unpaired) electrons. The van der Waals surface area contributed by atoms with Crippen LogP contribution in [0.4, 0.5) is 8.78 Å². The lowest BCUT2D eigenvalue weighted by molar-refractivity contribution is 0.0820. The van der Waals surface area contributed by atoms with Crippen molar-refractivity contribution in [3.8, 4) is 17.1 Å². The molecular formula is C16H15F2N3O. The van der Waals surface area contributed by atoms with Crippen LogP contribution in [-0.4, -0.2) is 27.6 Å². The number of halogens is 2. The van der Waals surface area contributed by atoms with Gasteiger partial charge in [-0.3, -0.25) is 4.98 Å².